The normalized spacial score (nSPS) is 12.7. The lowest BCUT2D eigenvalue weighted by atomic mass is 10.2. The molecule has 0 radical (unpaired) electrons. The number of carbonyl (C=O) groups excluding carboxylic acids is 1. The van der Waals surface area contributed by atoms with Crippen LogP contribution in [0.5, 0.6) is 0 Å². The SMILES string of the molecule is CC(C)NS(=O)(=O)c1ccc(NC(=O)[C@@H](C)Sc2nnc(-c3ccc(Cl)cc3)n2C)cc1. The van der Waals surface area contributed by atoms with Crippen LogP contribution in [-0.2, 0) is 21.9 Å². The van der Waals surface area contributed by atoms with E-state index in [1.54, 1.807) is 45.0 Å². The molecule has 0 saturated heterocycles. The molecule has 0 unspecified atom stereocenters. The van der Waals surface area contributed by atoms with Gasteiger partial charge >= 0.3 is 0 Å². The third-order valence-corrected chi connectivity index (χ3v) is 7.47. The summed E-state index contributed by atoms with van der Waals surface area (Å²) in [4.78, 5) is 12.8. The molecule has 3 aromatic rings. The van der Waals surface area contributed by atoms with E-state index in [9.17, 15) is 13.2 Å². The first-order valence-electron chi connectivity index (χ1n) is 9.82. The number of hydrogen-bond donors (Lipinski definition) is 2. The topological polar surface area (TPSA) is 106 Å². The highest BCUT2D eigenvalue weighted by molar-refractivity contribution is 8.00. The largest absolute Gasteiger partial charge is 0.325 e. The maximum Gasteiger partial charge on any atom is 0.240 e. The Morgan fingerprint density at radius 2 is 1.66 bits per heavy atom. The molecule has 2 aromatic carbocycles. The van der Waals surface area contributed by atoms with Crippen molar-refractivity contribution in [2.24, 2.45) is 7.05 Å². The summed E-state index contributed by atoms with van der Waals surface area (Å²) < 4.78 is 28.8. The summed E-state index contributed by atoms with van der Waals surface area (Å²) in [5.41, 5.74) is 1.38. The Labute approximate surface area is 196 Å². The van der Waals surface area contributed by atoms with Gasteiger partial charge in [-0.25, -0.2) is 13.1 Å². The molecule has 1 heterocycles. The number of hydrogen-bond acceptors (Lipinski definition) is 6. The molecule has 0 aliphatic carbocycles. The molecular weight excluding hydrogens is 470 g/mol. The molecule has 8 nitrogen and oxygen atoms in total. The number of amides is 1. The van der Waals surface area contributed by atoms with Crippen LogP contribution < -0.4 is 10.0 Å². The highest BCUT2D eigenvalue weighted by atomic mass is 35.5. The first kappa shape index (κ1) is 24.2. The maximum absolute atomic E-state index is 12.6. The standard InChI is InChI=1S/C21H24ClN5O3S2/c1-13(2)26-32(29,30)18-11-9-17(10-12-18)23-20(28)14(3)31-21-25-24-19(27(21)4)15-5-7-16(22)8-6-15/h5-14,26H,1-4H3,(H,23,28)/t14-/m1/s1. The molecule has 0 bridgehead atoms. The van der Waals surface area contributed by atoms with Crippen LogP contribution in [0.2, 0.25) is 5.02 Å². The fourth-order valence-electron chi connectivity index (χ4n) is 2.82. The van der Waals surface area contributed by atoms with E-state index in [0.717, 1.165) is 5.56 Å². The molecular formula is C21H24ClN5O3S2. The molecule has 2 N–H and O–H groups in total. The molecule has 1 aromatic heterocycles. The number of anilines is 1. The van der Waals surface area contributed by atoms with Gasteiger partial charge in [-0.1, -0.05) is 23.4 Å². The van der Waals surface area contributed by atoms with Gasteiger partial charge in [0.1, 0.15) is 0 Å². The molecule has 170 valence electrons. The van der Waals surface area contributed by atoms with Gasteiger partial charge in [0.2, 0.25) is 15.9 Å². The summed E-state index contributed by atoms with van der Waals surface area (Å²) in [5.74, 6) is 0.436. The van der Waals surface area contributed by atoms with Crippen molar-refractivity contribution in [3.63, 3.8) is 0 Å². The molecule has 11 heteroatoms. The minimum absolute atomic E-state index is 0.139. The summed E-state index contributed by atoms with van der Waals surface area (Å²) in [7, 11) is -1.75. The number of benzene rings is 2. The minimum atomic E-state index is -3.58. The van der Waals surface area contributed by atoms with Gasteiger partial charge in [-0.2, -0.15) is 0 Å². The molecule has 0 spiro atoms. The zero-order valence-electron chi connectivity index (χ0n) is 18.0. The molecule has 0 fully saturated rings. The first-order valence-corrected chi connectivity index (χ1v) is 12.6. The Morgan fingerprint density at radius 3 is 2.25 bits per heavy atom. The van der Waals surface area contributed by atoms with Gasteiger partial charge < -0.3 is 9.88 Å². The molecule has 0 aliphatic heterocycles. The number of carbonyl (C=O) groups is 1. The second-order valence-corrected chi connectivity index (χ2v) is 10.9. The lowest BCUT2D eigenvalue weighted by molar-refractivity contribution is -0.115. The van der Waals surface area contributed by atoms with Gasteiger partial charge in [0.05, 0.1) is 10.1 Å². The Kier molecular flexibility index (Phi) is 7.60. The third kappa shape index (κ3) is 5.89. The Hall–Kier alpha value is -2.40. The lowest BCUT2D eigenvalue weighted by Crippen LogP contribution is -2.30. The van der Waals surface area contributed by atoms with Crippen molar-refractivity contribution in [1.82, 2.24) is 19.5 Å². The van der Waals surface area contributed by atoms with Crippen molar-refractivity contribution in [3.8, 4) is 11.4 Å². The highest BCUT2D eigenvalue weighted by Crippen LogP contribution is 2.27. The van der Waals surface area contributed by atoms with Crippen molar-refractivity contribution in [2.75, 3.05) is 5.32 Å². The van der Waals surface area contributed by atoms with E-state index in [1.165, 1.54) is 23.9 Å². The molecule has 1 amide bonds. The van der Waals surface area contributed by atoms with Gasteiger partial charge in [-0.3, -0.25) is 4.79 Å². The summed E-state index contributed by atoms with van der Waals surface area (Å²) in [6.07, 6.45) is 0. The average Bonchev–Trinajstić information content (AvgIpc) is 3.08. The van der Waals surface area contributed by atoms with Crippen LogP contribution in [-0.4, -0.2) is 40.4 Å². The fraction of sp³-hybridized carbons (Fsp3) is 0.286. The second-order valence-electron chi connectivity index (χ2n) is 7.42. The number of sulfonamides is 1. The van der Waals surface area contributed by atoms with Crippen LogP contribution in [0.1, 0.15) is 20.8 Å². The second kappa shape index (κ2) is 10.0. The van der Waals surface area contributed by atoms with E-state index in [1.807, 2.05) is 23.7 Å². The Morgan fingerprint density at radius 1 is 1.03 bits per heavy atom. The smallest absolute Gasteiger partial charge is 0.240 e. The Balaban J connectivity index is 1.65. The molecule has 3 rings (SSSR count). The number of thioether (sulfide) groups is 1. The van der Waals surface area contributed by atoms with Gasteiger partial charge in [0.15, 0.2) is 11.0 Å². The van der Waals surface area contributed by atoms with E-state index in [4.69, 9.17) is 11.6 Å². The van der Waals surface area contributed by atoms with E-state index >= 15 is 0 Å². The van der Waals surface area contributed by atoms with E-state index in [-0.39, 0.29) is 16.8 Å². The van der Waals surface area contributed by atoms with Crippen LogP contribution in [0.3, 0.4) is 0 Å². The van der Waals surface area contributed by atoms with Crippen molar-refractivity contribution in [2.45, 2.75) is 42.1 Å². The van der Waals surface area contributed by atoms with Crippen molar-refractivity contribution >= 4 is 45.0 Å². The molecule has 1 atom stereocenters. The zero-order chi connectivity index (χ0) is 23.5. The van der Waals surface area contributed by atoms with Crippen LogP contribution in [0, 0.1) is 0 Å². The van der Waals surface area contributed by atoms with Crippen LogP contribution in [0.15, 0.2) is 58.6 Å². The first-order chi connectivity index (χ1) is 15.1. The zero-order valence-corrected chi connectivity index (χ0v) is 20.4. The maximum atomic E-state index is 12.6. The minimum Gasteiger partial charge on any atom is -0.325 e. The monoisotopic (exact) mass is 493 g/mol. The van der Waals surface area contributed by atoms with Crippen molar-refractivity contribution in [3.05, 3.63) is 53.6 Å². The molecule has 0 aliphatic rings. The van der Waals surface area contributed by atoms with Crippen molar-refractivity contribution < 1.29 is 13.2 Å². The summed E-state index contributed by atoms with van der Waals surface area (Å²) in [5, 5.41) is 12.0. The quantitative estimate of drug-likeness (QED) is 0.460. The fourth-order valence-corrected chi connectivity index (χ4v) is 5.01. The third-order valence-electron chi connectivity index (χ3n) is 4.41. The van der Waals surface area contributed by atoms with E-state index in [0.29, 0.717) is 21.7 Å². The van der Waals surface area contributed by atoms with Gasteiger partial charge in [-0.15, -0.1) is 10.2 Å². The average molecular weight is 494 g/mol. The predicted octanol–water partition coefficient (Wildman–Crippen LogP) is 3.94. The van der Waals surface area contributed by atoms with Crippen LogP contribution in [0.25, 0.3) is 11.4 Å². The van der Waals surface area contributed by atoms with E-state index < -0.39 is 15.3 Å². The number of rotatable bonds is 8. The van der Waals surface area contributed by atoms with Crippen LogP contribution in [0.4, 0.5) is 5.69 Å². The summed E-state index contributed by atoms with van der Waals surface area (Å²) in [6.45, 7) is 5.27. The van der Waals surface area contributed by atoms with Crippen molar-refractivity contribution in [1.29, 1.82) is 0 Å². The summed E-state index contributed by atoms with van der Waals surface area (Å²) >= 11 is 7.22. The van der Waals surface area contributed by atoms with Gasteiger partial charge in [-0.05, 0) is 69.3 Å². The highest BCUT2D eigenvalue weighted by Gasteiger charge is 2.20. The van der Waals surface area contributed by atoms with Gasteiger partial charge in [0.25, 0.3) is 0 Å². The predicted molar refractivity (Wildman–Crippen MR) is 127 cm³/mol. The number of nitrogens with zero attached hydrogens (tertiary/aromatic N) is 3. The van der Waals surface area contributed by atoms with Crippen LogP contribution >= 0.6 is 23.4 Å². The molecule has 0 saturated carbocycles. The number of halogens is 1. The Bertz CT molecular complexity index is 1190. The summed E-state index contributed by atoms with van der Waals surface area (Å²) in [6, 6.07) is 13.1. The molecule has 32 heavy (non-hydrogen) atoms. The number of aromatic nitrogens is 3. The van der Waals surface area contributed by atoms with E-state index in [2.05, 4.69) is 20.2 Å². The van der Waals surface area contributed by atoms with Gasteiger partial charge in [0, 0.05) is 29.4 Å². The lowest BCUT2D eigenvalue weighted by Gasteiger charge is -2.13. The number of nitrogens with one attached hydrogen (secondary N) is 2.